The Morgan fingerprint density at radius 1 is 1.57 bits per heavy atom. The van der Waals surface area contributed by atoms with Crippen molar-refractivity contribution < 1.29 is 0 Å². The lowest BCUT2D eigenvalue weighted by Gasteiger charge is -2.08. The molecular weight excluding hydrogens is 216 g/mol. The van der Waals surface area contributed by atoms with E-state index in [-0.39, 0.29) is 0 Å². The molecule has 78 valence electrons. The van der Waals surface area contributed by atoms with E-state index < -0.39 is 0 Å². The second kappa shape index (κ2) is 6.27. The summed E-state index contributed by atoms with van der Waals surface area (Å²) in [6, 6.07) is 5.71. The molecule has 0 aliphatic carbocycles. The van der Waals surface area contributed by atoms with Gasteiger partial charge in [0, 0.05) is 11.0 Å². The predicted octanol–water partition coefficient (Wildman–Crippen LogP) is 2.71. The first-order valence-electron chi connectivity index (χ1n) is 4.65. The summed E-state index contributed by atoms with van der Waals surface area (Å²) in [5.41, 5.74) is 6.51. The normalized spacial score (nSPS) is 12.8. The minimum atomic E-state index is 0.564. The smallest absolute Gasteiger partial charge is 0.129 e. The van der Waals surface area contributed by atoms with E-state index >= 15 is 0 Å². The van der Waals surface area contributed by atoms with E-state index in [4.69, 9.17) is 17.3 Å². The maximum absolute atomic E-state index is 5.78. The van der Waals surface area contributed by atoms with E-state index in [9.17, 15) is 0 Å². The predicted molar refractivity (Wildman–Crippen MR) is 63.7 cm³/mol. The number of pyridine rings is 1. The van der Waals surface area contributed by atoms with Crippen molar-refractivity contribution in [1.82, 2.24) is 4.98 Å². The first-order valence-corrected chi connectivity index (χ1v) is 6.08. The Morgan fingerprint density at radius 3 is 3.00 bits per heavy atom. The zero-order valence-electron chi connectivity index (χ0n) is 8.24. The molecule has 0 saturated heterocycles. The van der Waals surface area contributed by atoms with Gasteiger partial charge in [-0.1, -0.05) is 24.6 Å². The lowest BCUT2D eigenvalue weighted by molar-refractivity contribution is 0.822. The fourth-order valence-corrected chi connectivity index (χ4v) is 2.18. The number of nitrogens with zero attached hydrogens (tertiary/aromatic N) is 1. The summed E-state index contributed by atoms with van der Waals surface area (Å²) in [6.07, 6.45) is 1.05. The summed E-state index contributed by atoms with van der Waals surface area (Å²) in [6.45, 7) is 2.93. The van der Waals surface area contributed by atoms with E-state index in [0.29, 0.717) is 10.4 Å². The molecule has 1 atom stereocenters. The fraction of sp³-hybridized carbons (Fsp3) is 0.500. The van der Waals surface area contributed by atoms with Crippen molar-refractivity contribution in [1.29, 1.82) is 0 Å². The molecule has 14 heavy (non-hydrogen) atoms. The molecular formula is C10H15ClN2S. The molecule has 0 amide bonds. The van der Waals surface area contributed by atoms with Gasteiger partial charge < -0.3 is 5.73 Å². The number of aromatic nitrogens is 1. The first-order chi connectivity index (χ1) is 6.72. The zero-order chi connectivity index (χ0) is 10.4. The Kier molecular flexibility index (Phi) is 5.30. The molecule has 2 nitrogen and oxygen atoms in total. The molecule has 0 saturated carbocycles. The Hall–Kier alpha value is -0.250. The van der Waals surface area contributed by atoms with Crippen LogP contribution in [0.25, 0.3) is 0 Å². The molecule has 4 heteroatoms. The molecule has 0 spiro atoms. The van der Waals surface area contributed by atoms with Crippen LogP contribution in [-0.2, 0) is 5.75 Å². The molecule has 1 heterocycles. The van der Waals surface area contributed by atoms with E-state index in [2.05, 4.69) is 11.9 Å². The van der Waals surface area contributed by atoms with Crippen LogP contribution in [0.15, 0.2) is 18.2 Å². The molecule has 1 aromatic heterocycles. The lowest BCUT2D eigenvalue weighted by Crippen LogP contribution is -2.07. The van der Waals surface area contributed by atoms with Crippen molar-refractivity contribution >= 4 is 23.4 Å². The number of thioether (sulfide) groups is 1. The largest absolute Gasteiger partial charge is 0.330 e. The van der Waals surface area contributed by atoms with Gasteiger partial charge in [0.05, 0.1) is 5.69 Å². The Morgan fingerprint density at radius 2 is 2.36 bits per heavy atom. The molecule has 0 aromatic carbocycles. The molecule has 0 fully saturated rings. The van der Waals surface area contributed by atoms with Crippen LogP contribution >= 0.6 is 23.4 Å². The van der Waals surface area contributed by atoms with Crippen molar-refractivity contribution in [3.05, 3.63) is 29.0 Å². The average molecular weight is 231 g/mol. The topological polar surface area (TPSA) is 38.9 Å². The van der Waals surface area contributed by atoms with Crippen LogP contribution in [0, 0.1) is 0 Å². The number of halogens is 1. The summed E-state index contributed by atoms with van der Waals surface area (Å²) in [4.78, 5) is 4.22. The monoisotopic (exact) mass is 230 g/mol. The molecule has 1 rings (SSSR count). The number of hydrogen-bond donors (Lipinski definition) is 1. The van der Waals surface area contributed by atoms with Crippen molar-refractivity contribution in [2.75, 3.05) is 6.54 Å². The Balaban J connectivity index is 2.37. The van der Waals surface area contributed by atoms with Crippen molar-refractivity contribution in [2.24, 2.45) is 5.73 Å². The third kappa shape index (κ3) is 4.31. The highest BCUT2D eigenvalue weighted by atomic mass is 35.5. The van der Waals surface area contributed by atoms with Gasteiger partial charge in [-0.3, -0.25) is 0 Å². The van der Waals surface area contributed by atoms with Crippen LogP contribution in [0.4, 0.5) is 0 Å². The summed E-state index contributed by atoms with van der Waals surface area (Å²) >= 11 is 7.64. The van der Waals surface area contributed by atoms with E-state index in [1.165, 1.54) is 0 Å². The SMILES string of the molecule is CC(CCN)SCc1cccc(Cl)n1. The molecule has 0 aliphatic heterocycles. The molecule has 0 radical (unpaired) electrons. The molecule has 1 aromatic rings. The van der Waals surface area contributed by atoms with Crippen LogP contribution in [0.2, 0.25) is 5.15 Å². The van der Waals surface area contributed by atoms with Crippen LogP contribution in [-0.4, -0.2) is 16.8 Å². The summed E-state index contributed by atoms with van der Waals surface area (Å²) in [5, 5.41) is 1.15. The van der Waals surface area contributed by atoms with Gasteiger partial charge in [-0.2, -0.15) is 11.8 Å². The molecule has 0 bridgehead atoms. The van der Waals surface area contributed by atoms with E-state index in [1.54, 1.807) is 6.07 Å². The standard InChI is InChI=1S/C10H15ClN2S/c1-8(5-6-12)14-7-9-3-2-4-10(11)13-9/h2-4,8H,5-7,12H2,1H3. The van der Waals surface area contributed by atoms with Gasteiger partial charge in [0.1, 0.15) is 5.15 Å². The van der Waals surface area contributed by atoms with Gasteiger partial charge in [-0.25, -0.2) is 4.98 Å². The second-order valence-corrected chi connectivity index (χ2v) is 4.96. The summed E-state index contributed by atoms with van der Waals surface area (Å²) in [5.74, 6) is 0.904. The first kappa shape index (κ1) is 11.8. The van der Waals surface area contributed by atoms with Crippen molar-refractivity contribution in [2.45, 2.75) is 24.3 Å². The second-order valence-electron chi connectivity index (χ2n) is 3.15. The van der Waals surface area contributed by atoms with Gasteiger partial charge in [-0.15, -0.1) is 0 Å². The highest BCUT2D eigenvalue weighted by Crippen LogP contribution is 2.19. The van der Waals surface area contributed by atoms with Gasteiger partial charge in [0.25, 0.3) is 0 Å². The van der Waals surface area contributed by atoms with Crippen LogP contribution in [0.3, 0.4) is 0 Å². The Labute approximate surface area is 94.2 Å². The zero-order valence-corrected chi connectivity index (χ0v) is 9.81. The number of nitrogens with two attached hydrogens (primary N) is 1. The highest BCUT2D eigenvalue weighted by Gasteiger charge is 2.02. The molecule has 2 N–H and O–H groups in total. The quantitative estimate of drug-likeness (QED) is 0.791. The third-order valence-corrected chi connectivity index (χ3v) is 3.34. The van der Waals surface area contributed by atoms with Gasteiger partial charge in [0.15, 0.2) is 0 Å². The highest BCUT2D eigenvalue weighted by molar-refractivity contribution is 7.99. The minimum Gasteiger partial charge on any atom is -0.330 e. The summed E-state index contributed by atoms with van der Waals surface area (Å²) < 4.78 is 0. The van der Waals surface area contributed by atoms with Crippen molar-refractivity contribution in [3.8, 4) is 0 Å². The van der Waals surface area contributed by atoms with Crippen LogP contribution < -0.4 is 5.73 Å². The average Bonchev–Trinajstić information content (AvgIpc) is 2.15. The fourth-order valence-electron chi connectivity index (χ4n) is 1.08. The molecule has 1 unspecified atom stereocenters. The van der Waals surface area contributed by atoms with Gasteiger partial charge in [-0.05, 0) is 25.1 Å². The Bertz CT molecular complexity index is 281. The van der Waals surface area contributed by atoms with Gasteiger partial charge in [0.2, 0.25) is 0 Å². The number of rotatable bonds is 5. The summed E-state index contributed by atoms with van der Waals surface area (Å²) in [7, 11) is 0. The van der Waals surface area contributed by atoms with Crippen molar-refractivity contribution in [3.63, 3.8) is 0 Å². The van der Waals surface area contributed by atoms with E-state index in [1.807, 2.05) is 23.9 Å². The van der Waals surface area contributed by atoms with Crippen LogP contribution in [0.5, 0.6) is 0 Å². The minimum absolute atomic E-state index is 0.564. The van der Waals surface area contributed by atoms with E-state index in [0.717, 1.165) is 24.4 Å². The van der Waals surface area contributed by atoms with Crippen LogP contribution in [0.1, 0.15) is 19.0 Å². The third-order valence-electron chi connectivity index (χ3n) is 1.86. The van der Waals surface area contributed by atoms with Gasteiger partial charge >= 0.3 is 0 Å². The molecule has 0 aliphatic rings. The maximum atomic E-state index is 5.78. The lowest BCUT2D eigenvalue weighted by atomic mass is 10.3. The number of hydrogen-bond acceptors (Lipinski definition) is 3. The maximum Gasteiger partial charge on any atom is 0.129 e.